The Kier molecular flexibility index (Phi) is 5.47. The van der Waals surface area contributed by atoms with Crippen LogP contribution in [0.5, 0.6) is 0 Å². The van der Waals surface area contributed by atoms with Crippen molar-refractivity contribution >= 4 is 32.5 Å². The van der Waals surface area contributed by atoms with Gasteiger partial charge < -0.3 is 5.32 Å². The zero-order chi connectivity index (χ0) is 22.3. The van der Waals surface area contributed by atoms with Gasteiger partial charge >= 0.3 is 0 Å². The molecule has 32 heavy (non-hydrogen) atoms. The molecule has 2 aromatic carbocycles. The zero-order valence-electron chi connectivity index (χ0n) is 18.2. The molecule has 1 aliphatic carbocycles. The summed E-state index contributed by atoms with van der Waals surface area (Å²) in [7, 11) is -3.57. The number of carbonyl (C=O) groups is 1. The van der Waals surface area contributed by atoms with Gasteiger partial charge in [-0.1, -0.05) is 30.7 Å². The van der Waals surface area contributed by atoms with Gasteiger partial charge in [-0.05, 0) is 68.4 Å². The molecule has 1 aliphatic heterocycles. The van der Waals surface area contributed by atoms with Crippen LogP contribution in [0.1, 0.15) is 52.9 Å². The van der Waals surface area contributed by atoms with Crippen molar-refractivity contribution in [3.05, 3.63) is 64.8 Å². The van der Waals surface area contributed by atoms with Crippen molar-refractivity contribution in [2.45, 2.75) is 50.3 Å². The number of anilines is 1. The van der Waals surface area contributed by atoms with E-state index in [4.69, 9.17) is 4.98 Å². The predicted molar refractivity (Wildman–Crippen MR) is 126 cm³/mol. The number of pyridine rings is 1. The zero-order valence-corrected chi connectivity index (χ0v) is 19.0. The van der Waals surface area contributed by atoms with Crippen LogP contribution >= 0.6 is 0 Å². The van der Waals surface area contributed by atoms with Crippen LogP contribution in [0.3, 0.4) is 0 Å². The van der Waals surface area contributed by atoms with Gasteiger partial charge in [-0.25, -0.2) is 8.42 Å². The van der Waals surface area contributed by atoms with Crippen LogP contribution in [0.4, 0.5) is 5.69 Å². The Morgan fingerprint density at radius 2 is 1.78 bits per heavy atom. The van der Waals surface area contributed by atoms with Crippen LogP contribution in [0, 0.1) is 6.92 Å². The Morgan fingerprint density at radius 1 is 1.00 bits per heavy atom. The molecule has 2 aliphatic rings. The van der Waals surface area contributed by atoms with Crippen LogP contribution in [-0.4, -0.2) is 36.7 Å². The molecule has 0 bridgehead atoms. The van der Waals surface area contributed by atoms with Gasteiger partial charge in [0.1, 0.15) is 0 Å². The number of hydrogen-bond acceptors (Lipinski definition) is 4. The van der Waals surface area contributed by atoms with Gasteiger partial charge in [-0.3, -0.25) is 9.78 Å². The first kappa shape index (κ1) is 21.1. The fourth-order valence-corrected chi connectivity index (χ4v) is 6.35. The first-order valence-corrected chi connectivity index (χ1v) is 12.7. The fraction of sp³-hybridized carbons (Fsp3) is 0.360. The lowest BCUT2D eigenvalue weighted by molar-refractivity contribution is 0.102. The van der Waals surface area contributed by atoms with Gasteiger partial charge in [-0.15, -0.1) is 0 Å². The molecule has 1 N–H and O–H groups in total. The van der Waals surface area contributed by atoms with Gasteiger partial charge in [-0.2, -0.15) is 4.31 Å². The average Bonchev–Trinajstić information content (AvgIpc) is 3.27. The summed E-state index contributed by atoms with van der Waals surface area (Å²) in [6.45, 7) is 2.97. The van der Waals surface area contributed by atoms with Crippen molar-refractivity contribution in [2.24, 2.45) is 0 Å². The number of para-hydroxylation sites is 1. The summed E-state index contributed by atoms with van der Waals surface area (Å²) in [5.41, 5.74) is 4.83. The number of aryl methyl sites for hydroxylation is 2. The maximum Gasteiger partial charge on any atom is 0.256 e. The van der Waals surface area contributed by atoms with E-state index in [2.05, 4.69) is 5.32 Å². The summed E-state index contributed by atoms with van der Waals surface area (Å²) in [4.78, 5) is 18.5. The second kappa shape index (κ2) is 8.30. The lowest BCUT2D eigenvalue weighted by atomic mass is 10.0. The van der Waals surface area contributed by atoms with Crippen molar-refractivity contribution < 1.29 is 13.2 Å². The number of piperidine rings is 1. The number of nitrogens with zero attached hydrogens (tertiary/aromatic N) is 2. The first-order chi connectivity index (χ1) is 15.4. The second-order valence-corrected chi connectivity index (χ2v) is 10.6. The summed E-state index contributed by atoms with van der Waals surface area (Å²) in [6, 6.07) is 12.7. The van der Waals surface area contributed by atoms with Crippen LogP contribution in [0.15, 0.2) is 47.4 Å². The lowest BCUT2D eigenvalue weighted by Gasteiger charge is -2.26. The number of fused-ring (bicyclic) bond motifs is 2. The summed E-state index contributed by atoms with van der Waals surface area (Å²) in [5.74, 6) is -0.211. The molecular formula is C25H27N3O3S. The third kappa shape index (κ3) is 3.69. The lowest BCUT2D eigenvalue weighted by Crippen LogP contribution is -2.35. The third-order valence-electron chi connectivity index (χ3n) is 6.56. The van der Waals surface area contributed by atoms with Crippen LogP contribution in [-0.2, 0) is 22.9 Å². The summed E-state index contributed by atoms with van der Waals surface area (Å²) in [5, 5.41) is 3.85. The van der Waals surface area contributed by atoms with E-state index in [9.17, 15) is 13.2 Å². The maximum absolute atomic E-state index is 13.5. The molecule has 3 aromatic rings. The molecule has 6 nitrogen and oxygen atoms in total. The van der Waals surface area contributed by atoms with Gasteiger partial charge in [0.25, 0.3) is 5.91 Å². The van der Waals surface area contributed by atoms with Crippen LogP contribution in [0.25, 0.3) is 10.9 Å². The summed E-state index contributed by atoms with van der Waals surface area (Å²) >= 11 is 0. The van der Waals surface area contributed by atoms with E-state index in [1.54, 1.807) is 22.5 Å². The quantitative estimate of drug-likeness (QED) is 0.638. The molecular weight excluding hydrogens is 422 g/mol. The smallest absolute Gasteiger partial charge is 0.256 e. The molecule has 5 rings (SSSR count). The SMILES string of the molecule is Cc1ccc(S(=O)(=O)N2CCCCC2)cc1NC(=O)c1c2c(nc3ccccc13)CCC2. The van der Waals surface area contributed by atoms with E-state index in [1.165, 1.54) is 0 Å². The van der Waals surface area contributed by atoms with Gasteiger partial charge in [0.15, 0.2) is 0 Å². The highest BCUT2D eigenvalue weighted by Gasteiger charge is 2.27. The predicted octanol–water partition coefficient (Wildman–Crippen LogP) is 4.46. The summed E-state index contributed by atoms with van der Waals surface area (Å²) < 4.78 is 27.8. The minimum Gasteiger partial charge on any atom is -0.322 e. The highest BCUT2D eigenvalue weighted by molar-refractivity contribution is 7.89. The highest BCUT2D eigenvalue weighted by Crippen LogP contribution is 2.31. The van der Waals surface area contributed by atoms with E-state index in [0.29, 0.717) is 24.3 Å². The number of nitrogens with one attached hydrogen (secondary N) is 1. The molecule has 7 heteroatoms. The largest absolute Gasteiger partial charge is 0.322 e. The second-order valence-electron chi connectivity index (χ2n) is 8.68. The minimum atomic E-state index is -3.57. The number of aromatic nitrogens is 1. The minimum absolute atomic E-state index is 0.211. The van der Waals surface area contributed by atoms with Crippen LogP contribution < -0.4 is 5.32 Å². The molecule has 2 heterocycles. The number of benzene rings is 2. The Hall–Kier alpha value is -2.77. The van der Waals surface area contributed by atoms with Crippen molar-refractivity contribution in [1.29, 1.82) is 0 Å². The standard InChI is InChI=1S/C25H27N3O3S/c1-17-12-13-18(32(30,31)28-14-5-2-6-15-28)16-23(17)27-25(29)24-19-8-3-4-10-21(19)26-22-11-7-9-20(22)24/h3-4,8,10,12-13,16H,2,5-7,9,11,14-15H2,1H3,(H,27,29). The monoisotopic (exact) mass is 449 g/mol. The molecule has 0 spiro atoms. The topological polar surface area (TPSA) is 79.4 Å². The van der Waals surface area contributed by atoms with Crippen molar-refractivity contribution in [1.82, 2.24) is 9.29 Å². The average molecular weight is 450 g/mol. The Morgan fingerprint density at radius 3 is 2.59 bits per heavy atom. The Balaban J connectivity index is 1.52. The first-order valence-electron chi connectivity index (χ1n) is 11.3. The Bertz CT molecular complexity index is 1310. The molecule has 0 atom stereocenters. The fourth-order valence-electron chi connectivity index (χ4n) is 4.81. The van der Waals surface area contributed by atoms with E-state index in [0.717, 1.165) is 66.2 Å². The highest BCUT2D eigenvalue weighted by atomic mass is 32.2. The maximum atomic E-state index is 13.5. The number of rotatable bonds is 4. The van der Waals surface area contributed by atoms with Gasteiger partial charge in [0.05, 0.1) is 16.0 Å². The molecule has 1 amide bonds. The van der Waals surface area contributed by atoms with Crippen molar-refractivity contribution in [3.63, 3.8) is 0 Å². The van der Waals surface area contributed by atoms with E-state index < -0.39 is 10.0 Å². The van der Waals surface area contributed by atoms with Crippen LogP contribution in [0.2, 0.25) is 0 Å². The Labute approximate surface area is 188 Å². The molecule has 0 unspecified atom stereocenters. The van der Waals surface area contributed by atoms with Gasteiger partial charge in [0, 0.05) is 29.9 Å². The number of sulfonamides is 1. The number of amides is 1. The molecule has 166 valence electrons. The number of hydrogen-bond donors (Lipinski definition) is 1. The third-order valence-corrected chi connectivity index (χ3v) is 8.45. The van der Waals surface area contributed by atoms with E-state index >= 15 is 0 Å². The van der Waals surface area contributed by atoms with Crippen molar-refractivity contribution in [2.75, 3.05) is 18.4 Å². The molecule has 1 saturated heterocycles. The van der Waals surface area contributed by atoms with E-state index in [-0.39, 0.29) is 10.8 Å². The number of carbonyl (C=O) groups excluding carboxylic acids is 1. The molecule has 1 fully saturated rings. The molecule has 1 aromatic heterocycles. The molecule has 0 saturated carbocycles. The molecule has 0 radical (unpaired) electrons. The summed E-state index contributed by atoms with van der Waals surface area (Å²) in [6.07, 6.45) is 5.53. The normalized spacial score (nSPS) is 16.8. The van der Waals surface area contributed by atoms with Crippen molar-refractivity contribution in [3.8, 4) is 0 Å². The van der Waals surface area contributed by atoms with Gasteiger partial charge in [0.2, 0.25) is 10.0 Å². The van der Waals surface area contributed by atoms with E-state index in [1.807, 2.05) is 31.2 Å².